The summed E-state index contributed by atoms with van der Waals surface area (Å²) in [6.45, 7) is 2.24. The van der Waals surface area contributed by atoms with Crippen LogP contribution < -0.4 is 5.32 Å². The first kappa shape index (κ1) is 22.6. The van der Waals surface area contributed by atoms with Gasteiger partial charge in [0.05, 0.1) is 25.0 Å². The Bertz CT molecular complexity index is 1270. The molecule has 6 nitrogen and oxygen atoms in total. The summed E-state index contributed by atoms with van der Waals surface area (Å²) in [4.78, 5) is 0. The van der Waals surface area contributed by atoms with Gasteiger partial charge in [0.2, 0.25) is 0 Å². The zero-order valence-corrected chi connectivity index (χ0v) is 18.4. The van der Waals surface area contributed by atoms with Gasteiger partial charge >= 0.3 is 0 Å². The molecule has 0 atom stereocenters. The maximum Gasteiger partial charge on any atom is 0.261 e. The predicted molar refractivity (Wildman–Crippen MR) is 124 cm³/mol. The van der Waals surface area contributed by atoms with E-state index in [-0.39, 0.29) is 13.2 Å². The maximum atomic E-state index is 9.48. The van der Waals surface area contributed by atoms with E-state index in [1.807, 2.05) is 6.92 Å². The molecule has 0 amide bonds. The van der Waals surface area contributed by atoms with Crippen molar-refractivity contribution in [3.05, 3.63) is 60.2 Å². The van der Waals surface area contributed by atoms with Crippen molar-refractivity contribution in [3.63, 3.8) is 0 Å². The highest BCUT2D eigenvalue weighted by molar-refractivity contribution is 7.85. The van der Waals surface area contributed by atoms with E-state index < -0.39 is 15.7 Å². The van der Waals surface area contributed by atoms with E-state index in [0.717, 1.165) is 0 Å². The lowest BCUT2D eigenvalue weighted by Gasteiger charge is -2.26. The van der Waals surface area contributed by atoms with Crippen LogP contribution in [-0.4, -0.2) is 48.2 Å². The van der Waals surface area contributed by atoms with Crippen LogP contribution in [0.5, 0.6) is 0 Å². The normalized spacial score (nSPS) is 12.3. The van der Waals surface area contributed by atoms with E-state index in [0.29, 0.717) is 12.8 Å². The van der Waals surface area contributed by atoms with E-state index >= 15 is 0 Å². The Kier molecular flexibility index (Phi) is 6.76. The molecule has 0 aliphatic rings. The van der Waals surface area contributed by atoms with E-state index in [2.05, 4.69) is 59.9 Å². The van der Waals surface area contributed by atoms with Gasteiger partial charge in [0, 0.05) is 26.7 Å². The average molecular weight is 448 g/mol. The van der Waals surface area contributed by atoms with Crippen LogP contribution in [0.4, 0.5) is 0 Å². The molecule has 0 saturated carbocycles. The van der Waals surface area contributed by atoms with Gasteiger partial charge in [-0.1, -0.05) is 42.5 Å². The number of thiophene rings is 1. The molecule has 0 aliphatic carbocycles. The van der Waals surface area contributed by atoms with Crippen LogP contribution in [0.25, 0.3) is 30.9 Å². The van der Waals surface area contributed by atoms with Gasteiger partial charge in [-0.25, -0.2) is 0 Å². The second kappa shape index (κ2) is 8.97. The minimum Gasteiger partial charge on any atom is -0.394 e. The third-order valence-electron chi connectivity index (χ3n) is 4.85. The van der Waals surface area contributed by atoms with Crippen LogP contribution in [0.1, 0.15) is 12.5 Å². The molecule has 4 aromatic rings. The Morgan fingerprint density at radius 3 is 2.17 bits per heavy atom. The average Bonchev–Trinajstić information content (AvgIpc) is 3.07. The molecule has 0 spiro atoms. The molecule has 160 valence electrons. The van der Waals surface area contributed by atoms with Crippen molar-refractivity contribution in [1.29, 1.82) is 0 Å². The van der Waals surface area contributed by atoms with Crippen molar-refractivity contribution in [2.45, 2.75) is 19.0 Å². The minimum atomic E-state index is -3.67. The van der Waals surface area contributed by atoms with E-state index in [9.17, 15) is 18.6 Å². The molecule has 1 aromatic heterocycles. The zero-order valence-electron chi connectivity index (χ0n) is 16.8. The van der Waals surface area contributed by atoms with Crippen molar-refractivity contribution in [3.8, 4) is 0 Å². The smallest absolute Gasteiger partial charge is 0.261 e. The van der Waals surface area contributed by atoms with Gasteiger partial charge in [0.1, 0.15) is 0 Å². The fourth-order valence-corrected chi connectivity index (χ4v) is 4.40. The van der Waals surface area contributed by atoms with Gasteiger partial charge < -0.3 is 15.5 Å². The van der Waals surface area contributed by atoms with E-state index in [1.165, 1.54) is 36.5 Å². The first-order chi connectivity index (χ1) is 14.1. The number of aliphatic hydroxyl groups is 2. The molecular weight excluding hydrogens is 422 g/mol. The standard InChI is InChI=1S/C21H21NO2S.CH4O3S/c1-21(12-23,13-24)22-11-16-7-4-8-17-18-9-14-5-2-3-6-15(14)10-19(18)25-20(16)17;1-5(2,3)4/h2-10,22-24H,11-13H2,1H3;1H3,(H,2,3,4). The Hall–Kier alpha value is -2.07. The number of rotatable bonds is 5. The Labute approximate surface area is 179 Å². The van der Waals surface area contributed by atoms with Crippen LogP contribution in [0, 0.1) is 0 Å². The highest BCUT2D eigenvalue weighted by Crippen LogP contribution is 2.38. The van der Waals surface area contributed by atoms with Crippen molar-refractivity contribution in [2.24, 2.45) is 0 Å². The zero-order chi connectivity index (χ0) is 21.9. The second-order valence-corrected chi connectivity index (χ2v) is 10.1. The molecule has 1 heterocycles. The molecule has 4 N–H and O–H groups in total. The summed E-state index contributed by atoms with van der Waals surface area (Å²) in [7, 11) is -3.67. The van der Waals surface area contributed by atoms with Crippen molar-refractivity contribution >= 4 is 52.4 Å². The summed E-state index contributed by atoms with van der Waals surface area (Å²) in [5.41, 5.74) is 0.518. The van der Waals surface area contributed by atoms with Gasteiger partial charge in [-0.3, -0.25) is 4.55 Å². The monoisotopic (exact) mass is 447 g/mol. The topological polar surface area (TPSA) is 107 Å². The van der Waals surface area contributed by atoms with E-state index in [4.69, 9.17) is 4.55 Å². The lowest BCUT2D eigenvalue weighted by atomic mass is 10.0. The molecule has 0 fully saturated rings. The molecule has 3 aromatic carbocycles. The van der Waals surface area contributed by atoms with E-state index in [1.54, 1.807) is 11.3 Å². The lowest BCUT2D eigenvalue weighted by molar-refractivity contribution is 0.103. The molecule has 0 aliphatic heterocycles. The number of aliphatic hydroxyl groups excluding tert-OH is 2. The van der Waals surface area contributed by atoms with Crippen molar-refractivity contribution in [1.82, 2.24) is 5.32 Å². The Morgan fingerprint density at radius 2 is 1.57 bits per heavy atom. The summed E-state index contributed by atoms with van der Waals surface area (Å²) in [6, 6.07) is 19.3. The Morgan fingerprint density at radius 1 is 0.967 bits per heavy atom. The predicted octanol–water partition coefficient (Wildman–Crippen LogP) is 3.54. The second-order valence-electron chi connectivity index (χ2n) is 7.55. The molecular formula is C22H25NO5S2. The quantitative estimate of drug-likeness (QED) is 0.349. The fraction of sp³-hybridized carbons (Fsp3) is 0.273. The summed E-state index contributed by atoms with van der Waals surface area (Å²) in [5, 5.41) is 27.3. The molecule has 8 heteroatoms. The summed E-state index contributed by atoms with van der Waals surface area (Å²) >= 11 is 1.80. The van der Waals surface area contributed by atoms with Crippen molar-refractivity contribution < 1.29 is 23.2 Å². The number of benzene rings is 3. The summed E-state index contributed by atoms with van der Waals surface area (Å²) in [5.74, 6) is 0. The van der Waals surface area contributed by atoms with Gasteiger partial charge in [-0.2, -0.15) is 8.42 Å². The first-order valence-electron chi connectivity index (χ1n) is 9.36. The SMILES string of the molecule is CC(CO)(CO)NCc1cccc2c1sc1cc3ccccc3cc12.CS(=O)(=O)O. The molecule has 0 saturated heterocycles. The number of fused-ring (bicyclic) bond motifs is 4. The van der Waals surface area contributed by atoms with Crippen LogP contribution in [0.3, 0.4) is 0 Å². The van der Waals surface area contributed by atoms with Gasteiger partial charge in [0.25, 0.3) is 10.1 Å². The summed E-state index contributed by atoms with van der Waals surface area (Å²) < 4.78 is 28.4. The van der Waals surface area contributed by atoms with Gasteiger partial charge in [0.15, 0.2) is 0 Å². The van der Waals surface area contributed by atoms with Crippen molar-refractivity contribution in [2.75, 3.05) is 19.5 Å². The molecule has 4 rings (SSSR count). The Balaban J connectivity index is 0.000000461. The molecule has 30 heavy (non-hydrogen) atoms. The van der Waals surface area contributed by atoms with Crippen LogP contribution in [0.2, 0.25) is 0 Å². The number of hydrogen-bond donors (Lipinski definition) is 4. The first-order valence-corrected chi connectivity index (χ1v) is 12.0. The third-order valence-corrected chi connectivity index (χ3v) is 6.09. The van der Waals surface area contributed by atoms with Crippen LogP contribution in [-0.2, 0) is 16.7 Å². The molecule has 0 bridgehead atoms. The minimum absolute atomic E-state index is 0.0999. The third kappa shape index (κ3) is 5.34. The van der Waals surface area contributed by atoms with Gasteiger partial charge in [-0.05, 0) is 35.4 Å². The number of nitrogens with one attached hydrogen (secondary N) is 1. The molecule has 0 unspecified atom stereocenters. The highest BCUT2D eigenvalue weighted by atomic mass is 32.2. The fourth-order valence-electron chi connectivity index (χ4n) is 3.15. The molecule has 0 radical (unpaired) electrons. The highest BCUT2D eigenvalue weighted by Gasteiger charge is 2.21. The van der Waals surface area contributed by atoms with Crippen LogP contribution >= 0.6 is 11.3 Å². The lowest BCUT2D eigenvalue weighted by Crippen LogP contribution is -2.48. The number of hydrogen-bond acceptors (Lipinski definition) is 6. The van der Waals surface area contributed by atoms with Crippen LogP contribution in [0.15, 0.2) is 54.6 Å². The maximum absolute atomic E-state index is 9.48. The van der Waals surface area contributed by atoms with Gasteiger partial charge in [-0.15, -0.1) is 11.3 Å². The largest absolute Gasteiger partial charge is 0.394 e. The summed E-state index contributed by atoms with van der Waals surface area (Å²) in [6.07, 6.45) is 0.715.